The lowest BCUT2D eigenvalue weighted by atomic mass is 10.1. The van der Waals surface area contributed by atoms with Crippen molar-refractivity contribution in [1.82, 2.24) is 15.5 Å². The Morgan fingerprint density at radius 3 is 2.54 bits per heavy atom. The average molecular weight is 379 g/mol. The predicted octanol–water partition coefficient (Wildman–Crippen LogP) is 1.44. The fourth-order valence-corrected chi connectivity index (χ4v) is 4.65. The van der Waals surface area contributed by atoms with Crippen LogP contribution in [0.4, 0.5) is 4.79 Å². The summed E-state index contributed by atoms with van der Waals surface area (Å²) >= 11 is 0. The number of benzene rings is 1. The van der Waals surface area contributed by atoms with Gasteiger partial charge in [0.2, 0.25) is 0 Å². The minimum atomic E-state index is -3.18. The molecule has 2 aliphatic heterocycles. The van der Waals surface area contributed by atoms with Crippen LogP contribution in [0, 0.1) is 0 Å². The van der Waals surface area contributed by atoms with Gasteiger partial charge < -0.3 is 15.4 Å². The largest absolute Gasteiger partial charge is 0.497 e. The number of ether oxygens (including phenoxy) is 1. The Labute approximate surface area is 154 Å². The summed E-state index contributed by atoms with van der Waals surface area (Å²) in [6.07, 6.45) is 3.82. The summed E-state index contributed by atoms with van der Waals surface area (Å²) in [5, 5.41) is 6.74. The van der Waals surface area contributed by atoms with Crippen LogP contribution in [0.1, 0.15) is 24.4 Å². The first-order valence-electron chi connectivity index (χ1n) is 8.80. The number of sulfone groups is 1. The first-order chi connectivity index (χ1) is 12.5. The molecule has 0 spiro atoms. The van der Waals surface area contributed by atoms with Crippen LogP contribution in [0.2, 0.25) is 0 Å². The highest BCUT2D eigenvalue weighted by molar-refractivity contribution is 7.94. The SMILES string of the molecule is COc1ccc([C@H](CNC(=O)N[C@@H]2C=CS(=O)(=O)C2)N2CCCC2)cc1. The standard InChI is InChI=1S/C18H25N3O4S/c1-25-16-6-4-14(5-7-16)17(21-9-2-3-10-21)12-19-18(22)20-15-8-11-26(23,24)13-15/h4-8,11,15,17H,2-3,9-10,12-13H2,1H3,(H2,19,20,22)/t15-,17+/m1/s1. The summed E-state index contributed by atoms with van der Waals surface area (Å²) in [5.41, 5.74) is 1.12. The zero-order valence-corrected chi connectivity index (χ0v) is 15.7. The summed E-state index contributed by atoms with van der Waals surface area (Å²) in [6, 6.07) is 7.15. The van der Waals surface area contributed by atoms with Crippen LogP contribution < -0.4 is 15.4 Å². The number of methoxy groups -OCH3 is 1. The summed E-state index contributed by atoms with van der Waals surface area (Å²) in [7, 11) is -1.54. The normalized spacial score (nSPS) is 22.9. The lowest BCUT2D eigenvalue weighted by molar-refractivity contribution is 0.220. The first kappa shape index (κ1) is 18.7. The molecule has 1 fully saturated rings. The molecule has 142 valence electrons. The van der Waals surface area contributed by atoms with Gasteiger partial charge >= 0.3 is 6.03 Å². The zero-order valence-electron chi connectivity index (χ0n) is 14.8. The lowest BCUT2D eigenvalue weighted by Crippen LogP contribution is -2.45. The van der Waals surface area contributed by atoms with Crippen molar-refractivity contribution in [1.29, 1.82) is 0 Å². The minimum absolute atomic E-state index is 0.0749. The second kappa shape index (κ2) is 8.09. The maximum Gasteiger partial charge on any atom is 0.315 e. The molecular weight excluding hydrogens is 354 g/mol. The van der Waals surface area contributed by atoms with Gasteiger partial charge in [0.25, 0.3) is 0 Å². The van der Waals surface area contributed by atoms with Crippen LogP contribution in [0.3, 0.4) is 0 Å². The van der Waals surface area contributed by atoms with Crippen LogP contribution in [-0.4, -0.2) is 57.9 Å². The third-order valence-electron chi connectivity index (χ3n) is 4.78. The van der Waals surface area contributed by atoms with Crippen molar-refractivity contribution in [2.75, 3.05) is 32.5 Å². The molecule has 0 aromatic heterocycles. The number of carbonyl (C=O) groups is 1. The fourth-order valence-electron chi connectivity index (χ4n) is 3.41. The van der Waals surface area contributed by atoms with Gasteiger partial charge in [0.05, 0.1) is 24.9 Å². The Balaban J connectivity index is 1.60. The third-order valence-corrected chi connectivity index (χ3v) is 6.18. The smallest absolute Gasteiger partial charge is 0.315 e. The first-order valence-corrected chi connectivity index (χ1v) is 10.5. The van der Waals surface area contributed by atoms with Crippen molar-refractivity contribution in [3.05, 3.63) is 41.3 Å². The molecular formula is C18H25N3O4S. The highest BCUT2D eigenvalue weighted by Crippen LogP contribution is 2.26. The molecule has 0 unspecified atom stereocenters. The number of urea groups is 1. The van der Waals surface area contributed by atoms with Crippen molar-refractivity contribution in [2.45, 2.75) is 24.9 Å². The van der Waals surface area contributed by atoms with Crippen molar-refractivity contribution >= 4 is 15.9 Å². The van der Waals surface area contributed by atoms with E-state index in [0.717, 1.165) is 42.7 Å². The molecule has 1 aromatic rings. The molecule has 2 atom stereocenters. The van der Waals surface area contributed by atoms with E-state index in [9.17, 15) is 13.2 Å². The van der Waals surface area contributed by atoms with E-state index < -0.39 is 15.9 Å². The molecule has 2 amide bonds. The molecule has 0 bridgehead atoms. The van der Waals surface area contributed by atoms with Gasteiger partial charge in [0.1, 0.15) is 5.75 Å². The number of rotatable bonds is 6. The Bertz CT molecular complexity index is 755. The molecule has 2 N–H and O–H groups in total. The maximum atomic E-state index is 12.2. The number of nitrogens with one attached hydrogen (secondary N) is 2. The van der Waals surface area contributed by atoms with E-state index in [1.54, 1.807) is 7.11 Å². The summed E-state index contributed by atoms with van der Waals surface area (Å²) in [4.78, 5) is 14.5. The van der Waals surface area contributed by atoms with Crippen molar-refractivity contribution in [2.24, 2.45) is 0 Å². The molecule has 0 saturated carbocycles. The predicted molar refractivity (Wildman–Crippen MR) is 99.8 cm³/mol. The van der Waals surface area contributed by atoms with Gasteiger partial charge in [-0.25, -0.2) is 13.2 Å². The minimum Gasteiger partial charge on any atom is -0.497 e. The van der Waals surface area contributed by atoms with Gasteiger partial charge in [0, 0.05) is 12.0 Å². The Morgan fingerprint density at radius 2 is 1.96 bits per heavy atom. The topological polar surface area (TPSA) is 87.7 Å². The Kier molecular flexibility index (Phi) is 5.83. The van der Waals surface area contributed by atoms with E-state index >= 15 is 0 Å². The lowest BCUT2D eigenvalue weighted by Gasteiger charge is -2.28. The monoisotopic (exact) mass is 379 g/mol. The van der Waals surface area contributed by atoms with Crippen LogP contribution in [0.25, 0.3) is 0 Å². The molecule has 0 aliphatic carbocycles. The maximum absolute atomic E-state index is 12.2. The number of amides is 2. The highest BCUT2D eigenvalue weighted by Gasteiger charge is 2.26. The van der Waals surface area contributed by atoms with E-state index in [-0.39, 0.29) is 17.8 Å². The summed E-state index contributed by atoms with van der Waals surface area (Å²) < 4.78 is 28.1. The van der Waals surface area contributed by atoms with Crippen molar-refractivity contribution in [3.63, 3.8) is 0 Å². The second-order valence-electron chi connectivity index (χ2n) is 6.65. The van der Waals surface area contributed by atoms with Gasteiger partial charge in [-0.05, 0) is 49.7 Å². The number of carbonyl (C=O) groups excluding carboxylic acids is 1. The fraction of sp³-hybridized carbons (Fsp3) is 0.500. The van der Waals surface area contributed by atoms with Crippen LogP contribution in [0.5, 0.6) is 5.75 Å². The van der Waals surface area contributed by atoms with E-state index in [1.165, 1.54) is 6.08 Å². The molecule has 7 nitrogen and oxygen atoms in total. The van der Waals surface area contributed by atoms with Gasteiger partial charge in [0.15, 0.2) is 9.84 Å². The molecule has 2 aliphatic rings. The number of hydrogen-bond acceptors (Lipinski definition) is 5. The van der Waals surface area contributed by atoms with Gasteiger partial charge in [-0.1, -0.05) is 12.1 Å². The van der Waals surface area contributed by atoms with Crippen LogP contribution in [0.15, 0.2) is 35.7 Å². The second-order valence-corrected chi connectivity index (χ2v) is 8.58. The molecule has 0 radical (unpaired) electrons. The van der Waals surface area contributed by atoms with E-state index in [2.05, 4.69) is 15.5 Å². The highest BCUT2D eigenvalue weighted by atomic mass is 32.2. The summed E-state index contributed by atoms with van der Waals surface area (Å²) in [6.45, 7) is 2.47. The number of likely N-dealkylation sites (tertiary alicyclic amines) is 1. The third kappa shape index (κ3) is 4.76. The molecule has 26 heavy (non-hydrogen) atoms. The van der Waals surface area contributed by atoms with Gasteiger partial charge in [-0.15, -0.1) is 0 Å². The van der Waals surface area contributed by atoms with E-state index in [0.29, 0.717) is 6.54 Å². The molecule has 2 heterocycles. The zero-order chi connectivity index (χ0) is 18.6. The van der Waals surface area contributed by atoms with E-state index in [4.69, 9.17) is 4.74 Å². The molecule has 8 heteroatoms. The Hall–Kier alpha value is -2.06. The van der Waals surface area contributed by atoms with Gasteiger partial charge in [-0.3, -0.25) is 4.90 Å². The number of hydrogen-bond donors (Lipinski definition) is 2. The molecule has 3 rings (SSSR count). The molecule has 1 saturated heterocycles. The molecule has 1 aromatic carbocycles. The van der Waals surface area contributed by atoms with Crippen LogP contribution >= 0.6 is 0 Å². The number of nitrogens with zero attached hydrogens (tertiary/aromatic N) is 1. The van der Waals surface area contributed by atoms with Gasteiger partial charge in [-0.2, -0.15) is 0 Å². The average Bonchev–Trinajstić information content (AvgIpc) is 3.25. The Morgan fingerprint density at radius 1 is 1.27 bits per heavy atom. The van der Waals surface area contributed by atoms with Crippen molar-refractivity contribution < 1.29 is 17.9 Å². The quantitative estimate of drug-likeness (QED) is 0.781. The van der Waals surface area contributed by atoms with E-state index in [1.807, 2.05) is 24.3 Å². The summed E-state index contributed by atoms with van der Waals surface area (Å²) in [5.74, 6) is 0.725. The van der Waals surface area contributed by atoms with Crippen molar-refractivity contribution in [3.8, 4) is 5.75 Å². The van der Waals surface area contributed by atoms with Crippen LogP contribution in [-0.2, 0) is 9.84 Å².